The zero-order chi connectivity index (χ0) is 25.6. The predicted octanol–water partition coefficient (Wildman–Crippen LogP) is 3.69. The molecule has 0 spiro atoms. The van der Waals surface area contributed by atoms with Crippen molar-refractivity contribution in [2.24, 2.45) is 5.92 Å². The summed E-state index contributed by atoms with van der Waals surface area (Å²) in [5.41, 5.74) is 3.98. The van der Waals surface area contributed by atoms with E-state index in [1.807, 2.05) is 30.5 Å². The fraction of sp³-hybridized carbons (Fsp3) is 0.217. The van der Waals surface area contributed by atoms with Crippen molar-refractivity contribution in [2.45, 2.75) is 12.6 Å². The van der Waals surface area contributed by atoms with Crippen molar-refractivity contribution >= 4 is 23.5 Å². The number of rotatable bonds is 4. The quantitative estimate of drug-likeness (QED) is 0.475. The number of halogens is 3. The lowest BCUT2D eigenvalue weighted by Crippen LogP contribution is -2.32. The van der Waals surface area contributed by atoms with Gasteiger partial charge in [0.1, 0.15) is 12.4 Å². The summed E-state index contributed by atoms with van der Waals surface area (Å²) in [7, 11) is 1.34. The Kier molecular flexibility index (Phi) is 7.74. The number of carbonyl (C=O) groups is 3. The molecule has 0 radical (unpaired) electrons. The summed E-state index contributed by atoms with van der Waals surface area (Å²) in [5, 5.41) is 16.8. The van der Waals surface area contributed by atoms with Gasteiger partial charge in [0.15, 0.2) is 0 Å². The molecular weight excluding hydrogens is 471 g/mol. The number of aliphatic carboxylic acids is 1. The predicted molar refractivity (Wildman–Crippen MR) is 117 cm³/mol. The Morgan fingerprint density at radius 2 is 1.83 bits per heavy atom. The third-order valence-corrected chi connectivity index (χ3v) is 4.99. The van der Waals surface area contributed by atoms with Gasteiger partial charge in [-0.15, -0.1) is 0 Å². The number of alkyl halides is 3. The maximum absolute atomic E-state index is 12.7. The third kappa shape index (κ3) is 6.59. The first-order valence-corrected chi connectivity index (χ1v) is 10.1. The molecule has 1 aliphatic heterocycles. The van der Waals surface area contributed by atoms with E-state index in [1.54, 1.807) is 24.4 Å². The summed E-state index contributed by atoms with van der Waals surface area (Å²) in [6, 6.07) is 12.7. The first-order chi connectivity index (χ1) is 16.6. The highest BCUT2D eigenvalue weighted by molar-refractivity contribution is 5.93. The van der Waals surface area contributed by atoms with Crippen LogP contribution in [0.25, 0.3) is 11.1 Å². The van der Waals surface area contributed by atoms with Gasteiger partial charge in [0.05, 0.1) is 24.8 Å². The molecule has 0 saturated heterocycles. The second kappa shape index (κ2) is 10.7. The fourth-order valence-electron chi connectivity index (χ4n) is 3.21. The molecule has 2 aromatic carbocycles. The first-order valence-electron chi connectivity index (χ1n) is 10.1. The van der Waals surface area contributed by atoms with Crippen molar-refractivity contribution in [2.75, 3.05) is 19.0 Å². The smallest absolute Gasteiger partial charge is 0.490 e. The lowest BCUT2D eigenvalue weighted by molar-refractivity contribution is -0.192. The second-order valence-electron chi connectivity index (χ2n) is 7.38. The van der Waals surface area contributed by atoms with E-state index in [0.717, 1.165) is 16.7 Å². The topological polar surface area (TPSA) is 131 Å². The Morgan fingerprint density at radius 1 is 1.14 bits per heavy atom. The van der Waals surface area contributed by atoms with E-state index in [9.17, 15) is 22.8 Å². The van der Waals surface area contributed by atoms with Crippen LogP contribution in [-0.2, 0) is 20.7 Å². The molecule has 3 N–H and O–H groups in total. The molecule has 9 nitrogen and oxygen atoms in total. The minimum Gasteiger partial charge on any atom is -0.492 e. The van der Waals surface area contributed by atoms with Crippen LogP contribution in [0.4, 0.5) is 18.9 Å². The lowest BCUT2D eigenvalue weighted by Gasteiger charge is -2.25. The highest BCUT2D eigenvalue weighted by Crippen LogP contribution is 2.29. The van der Waals surface area contributed by atoms with Gasteiger partial charge in [-0.3, -0.25) is 9.89 Å². The summed E-state index contributed by atoms with van der Waals surface area (Å²) >= 11 is 0. The lowest BCUT2D eigenvalue weighted by atomic mass is 9.94. The summed E-state index contributed by atoms with van der Waals surface area (Å²) in [4.78, 5) is 33.3. The molecule has 12 heteroatoms. The number of nitrogens with zero attached hydrogens (tertiary/aromatic N) is 1. The number of anilines is 1. The average Bonchev–Trinajstić information content (AvgIpc) is 3.38. The summed E-state index contributed by atoms with van der Waals surface area (Å²) in [6.07, 6.45) is -1.03. The number of ether oxygens (including phenoxy) is 2. The van der Waals surface area contributed by atoms with Crippen LogP contribution in [0, 0.1) is 5.92 Å². The van der Waals surface area contributed by atoms with Crippen molar-refractivity contribution < 1.29 is 42.1 Å². The van der Waals surface area contributed by atoms with Crippen molar-refractivity contribution in [1.29, 1.82) is 0 Å². The van der Waals surface area contributed by atoms with E-state index < -0.39 is 18.1 Å². The molecule has 0 saturated carbocycles. The van der Waals surface area contributed by atoms with E-state index in [1.165, 1.54) is 7.11 Å². The number of H-pyrrole nitrogens is 1. The van der Waals surface area contributed by atoms with Crippen LogP contribution >= 0.6 is 0 Å². The number of methoxy groups -OCH3 is 1. The van der Waals surface area contributed by atoms with E-state index in [-0.39, 0.29) is 11.8 Å². The van der Waals surface area contributed by atoms with Gasteiger partial charge in [-0.25, -0.2) is 9.59 Å². The van der Waals surface area contributed by atoms with Gasteiger partial charge in [0, 0.05) is 17.4 Å². The number of carboxylic acid groups (broad SMARTS) is 1. The van der Waals surface area contributed by atoms with Crippen molar-refractivity contribution in [3.8, 4) is 16.9 Å². The SMILES string of the molecule is COC(=O)c1ccc2c(c1)CC(C(=O)Nc1ccc(-c3cn[nH]c3)cc1)CO2.O=C(O)C(F)(F)F. The molecule has 1 atom stereocenters. The number of aromatic nitrogens is 2. The largest absolute Gasteiger partial charge is 0.492 e. The standard InChI is InChI=1S/C21H19N3O4.C2HF3O2/c1-27-21(26)14-4-7-19-15(8-14)9-16(12-28-19)20(25)24-18-5-2-13(3-6-18)17-10-22-23-11-17;3-2(4,5)1(6)7/h2-8,10-11,16H,9,12H2,1H3,(H,22,23)(H,24,25);(H,6,7). The van der Waals surface area contributed by atoms with Crippen molar-refractivity contribution in [1.82, 2.24) is 10.2 Å². The monoisotopic (exact) mass is 491 g/mol. The van der Waals surface area contributed by atoms with Gasteiger partial charge in [0.2, 0.25) is 5.91 Å². The third-order valence-electron chi connectivity index (χ3n) is 4.99. The molecule has 0 aliphatic carbocycles. The van der Waals surface area contributed by atoms with Gasteiger partial charge < -0.3 is 19.9 Å². The molecule has 0 bridgehead atoms. The number of carbonyl (C=O) groups excluding carboxylic acids is 2. The molecule has 3 aromatic rings. The average molecular weight is 491 g/mol. The van der Waals surface area contributed by atoms with Crippen molar-refractivity contribution in [3.63, 3.8) is 0 Å². The van der Waals surface area contributed by atoms with Crippen LogP contribution in [0.15, 0.2) is 54.9 Å². The number of benzene rings is 2. The first kappa shape index (κ1) is 25.3. The van der Waals surface area contributed by atoms with E-state index in [0.29, 0.717) is 30.0 Å². The number of fused-ring (bicyclic) bond motifs is 1. The molecule has 1 aromatic heterocycles. The molecule has 35 heavy (non-hydrogen) atoms. The van der Waals surface area contributed by atoms with Crippen LogP contribution in [0.2, 0.25) is 0 Å². The maximum atomic E-state index is 12.7. The fourth-order valence-corrected chi connectivity index (χ4v) is 3.21. The number of amides is 1. The van der Waals surface area contributed by atoms with Crippen LogP contribution in [0.5, 0.6) is 5.75 Å². The number of carboxylic acids is 1. The normalized spacial score (nSPS) is 14.5. The Hall–Kier alpha value is -4.35. The van der Waals surface area contributed by atoms with Gasteiger partial charge in [-0.1, -0.05) is 12.1 Å². The Bertz CT molecular complexity index is 1190. The minimum absolute atomic E-state index is 0.120. The highest BCUT2D eigenvalue weighted by atomic mass is 19.4. The number of aromatic amines is 1. The zero-order valence-electron chi connectivity index (χ0n) is 18.3. The van der Waals surface area contributed by atoms with Gasteiger partial charge >= 0.3 is 18.1 Å². The molecule has 184 valence electrons. The zero-order valence-corrected chi connectivity index (χ0v) is 18.3. The second-order valence-corrected chi connectivity index (χ2v) is 7.38. The van der Waals surface area contributed by atoms with Crippen LogP contribution in [-0.4, -0.2) is 53.0 Å². The van der Waals surface area contributed by atoms with Gasteiger partial charge in [0.25, 0.3) is 0 Å². The van der Waals surface area contributed by atoms with Crippen molar-refractivity contribution in [3.05, 3.63) is 66.0 Å². The Labute approximate surface area is 196 Å². The minimum atomic E-state index is -5.08. The van der Waals surface area contributed by atoms with E-state index in [2.05, 4.69) is 15.5 Å². The summed E-state index contributed by atoms with van der Waals surface area (Å²) < 4.78 is 42.2. The summed E-state index contributed by atoms with van der Waals surface area (Å²) in [5.74, 6) is -2.93. The molecule has 0 fully saturated rings. The van der Waals surface area contributed by atoms with E-state index >= 15 is 0 Å². The van der Waals surface area contributed by atoms with Crippen LogP contribution in [0.1, 0.15) is 15.9 Å². The van der Waals surface area contributed by atoms with Gasteiger partial charge in [-0.05, 0) is 47.9 Å². The number of nitrogens with one attached hydrogen (secondary N) is 2. The Balaban J connectivity index is 0.000000429. The number of hydrogen-bond acceptors (Lipinski definition) is 6. The summed E-state index contributed by atoms with van der Waals surface area (Å²) in [6.45, 7) is 0.295. The van der Waals surface area contributed by atoms with Crippen LogP contribution in [0.3, 0.4) is 0 Å². The number of esters is 1. The number of hydrogen-bond donors (Lipinski definition) is 3. The molecule has 4 rings (SSSR count). The van der Waals surface area contributed by atoms with Crippen LogP contribution < -0.4 is 10.1 Å². The molecule has 2 heterocycles. The van der Waals surface area contributed by atoms with Gasteiger partial charge in [-0.2, -0.15) is 18.3 Å². The molecule has 1 amide bonds. The highest BCUT2D eigenvalue weighted by Gasteiger charge is 2.38. The maximum Gasteiger partial charge on any atom is 0.490 e. The molecular formula is C23H20F3N3O6. The Morgan fingerprint density at radius 3 is 2.40 bits per heavy atom. The molecule has 1 aliphatic rings. The molecule has 1 unspecified atom stereocenters. The van der Waals surface area contributed by atoms with E-state index in [4.69, 9.17) is 19.4 Å².